The van der Waals surface area contributed by atoms with Gasteiger partial charge in [0.2, 0.25) is 0 Å². The minimum absolute atomic E-state index is 0. The SMILES string of the molecule is C/C=C/CCC(C/C=C/C)CCCC.CCCCC(CCCC)CCCC.[3HH]. The van der Waals surface area contributed by atoms with E-state index in [9.17, 15) is 0 Å². The molecule has 0 bridgehead atoms. The number of hydrogen-bond donors (Lipinski definition) is 0. The molecule has 0 spiro atoms. The fraction of sp³-hybridized carbons (Fsp3) is 0.852. The molecule has 0 aromatic carbocycles. The predicted molar refractivity (Wildman–Crippen MR) is 131 cm³/mol. The zero-order valence-electron chi connectivity index (χ0n) is 20.1. The van der Waals surface area contributed by atoms with E-state index in [-0.39, 0.29) is 1.43 Å². The summed E-state index contributed by atoms with van der Waals surface area (Å²) < 4.78 is 0. The second-order valence-corrected chi connectivity index (χ2v) is 8.25. The molecule has 0 amide bonds. The zero-order chi connectivity index (χ0) is 20.6. The molecule has 0 N–H and O–H groups in total. The Balaban J connectivity index is -0.000000432. The van der Waals surface area contributed by atoms with Crippen molar-refractivity contribution in [3.8, 4) is 0 Å². The standard InChI is InChI=1S/C14H26.C13H28.H2/c1-4-7-10-13-14(11-8-5-2)12-9-6-3;1-4-7-10-13(11-8-5-2)12-9-6-3;/h4-5,7-8,14H,6,9-13H2,1-3H3;13H,4-12H2,1-3H3;1H/b7-4+,8-5+;;/i;;1+2. The highest BCUT2D eigenvalue weighted by molar-refractivity contribution is 4.83. The smallest absolute Gasteiger partial charge is 0 e. The summed E-state index contributed by atoms with van der Waals surface area (Å²) >= 11 is 0. The Morgan fingerprint density at radius 3 is 1.33 bits per heavy atom. The first-order chi connectivity index (χ1) is 13.2. The third-order valence-electron chi connectivity index (χ3n) is 5.55. The molecule has 0 heteroatoms. The number of unbranched alkanes of at least 4 members (excludes halogenated alkanes) is 4. The molecule has 0 aromatic rings. The maximum Gasteiger partial charge on any atom is 0 e. The van der Waals surface area contributed by atoms with Crippen LogP contribution in [0.2, 0.25) is 0 Å². The molecule has 27 heavy (non-hydrogen) atoms. The van der Waals surface area contributed by atoms with Crippen molar-refractivity contribution < 1.29 is 1.43 Å². The highest BCUT2D eigenvalue weighted by Crippen LogP contribution is 2.22. The summed E-state index contributed by atoms with van der Waals surface area (Å²) in [6, 6.07) is 0. The van der Waals surface area contributed by atoms with Gasteiger partial charge in [0.05, 0.1) is 0 Å². The molecule has 0 fully saturated rings. The Morgan fingerprint density at radius 1 is 0.556 bits per heavy atom. The normalized spacial score (nSPS) is 12.7. The lowest BCUT2D eigenvalue weighted by atomic mass is 9.91. The van der Waals surface area contributed by atoms with Crippen LogP contribution in [0.5, 0.6) is 0 Å². The van der Waals surface area contributed by atoms with E-state index in [1.165, 1.54) is 96.3 Å². The quantitative estimate of drug-likeness (QED) is 0.219. The summed E-state index contributed by atoms with van der Waals surface area (Å²) in [5.41, 5.74) is 0. The van der Waals surface area contributed by atoms with Crippen molar-refractivity contribution in [1.82, 2.24) is 0 Å². The average Bonchev–Trinajstić information content (AvgIpc) is 2.69. The Morgan fingerprint density at radius 2 is 0.963 bits per heavy atom. The van der Waals surface area contributed by atoms with Crippen molar-refractivity contribution in [2.75, 3.05) is 0 Å². The lowest BCUT2D eigenvalue weighted by molar-refractivity contribution is 0.382. The molecule has 0 aliphatic carbocycles. The van der Waals surface area contributed by atoms with Gasteiger partial charge in [0, 0.05) is 1.43 Å². The maximum atomic E-state index is 2.32. The van der Waals surface area contributed by atoms with Crippen molar-refractivity contribution in [2.45, 2.75) is 138 Å². The van der Waals surface area contributed by atoms with Crippen LogP contribution in [-0.4, -0.2) is 0 Å². The van der Waals surface area contributed by atoms with Crippen LogP contribution in [0, 0.1) is 11.8 Å². The van der Waals surface area contributed by atoms with Crippen molar-refractivity contribution in [3.63, 3.8) is 0 Å². The minimum Gasteiger partial charge on any atom is -0.0917 e. The molecular weight excluding hydrogens is 324 g/mol. The van der Waals surface area contributed by atoms with Gasteiger partial charge in [0.25, 0.3) is 0 Å². The minimum atomic E-state index is 0. The molecule has 1 unspecified atom stereocenters. The van der Waals surface area contributed by atoms with E-state index in [4.69, 9.17) is 0 Å². The van der Waals surface area contributed by atoms with Crippen molar-refractivity contribution in [3.05, 3.63) is 24.3 Å². The van der Waals surface area contributed by atoms with E-state index < -0.39 is 0 Å². The summed E-state index contributed by atoms with van der Waals surface area (Å²) in [5.74, 6) is 1.95. The van der Waals surface area contributed by atoms with Crippen LogP contribution in [0.4, 0.5) is 0 Å². The molecule has 164 valence electrons. The molecule has 0 aliphatic rings. The first-order valence-electron chi connectivity index (χ1n) is 12.4. The number of hydrogen-bond acceptors (Lipinski definition) is 0. The van der Waals surface area contributed by atoms with Crippen molar-refractivity contribution >= 4 is 0 Å². The summed E-state index contributed by atoms with van der Waals surface area (Å²) in [5, 5.41) is 0. The molecule has 1 atom stereocenters. The van der Waals surface area contributed by atoms with Gasteiger partial charge < -0.3 is 0 Å². The van der Waals surface area contributed by atoms with Crippen LogP contribution >= 0.6 is 0 Å². The van der Waals surface area contributed by atoms with E-state index in [0.717, 1.165) is 11.8 Å². The predicted octanol–water partition coefficient (Wildman–Crippen LogP) is 10.5. The Bertz CT molecular complexity index is 286. The van der Waals surface area contributed by atoms with Gasteiger partial charge in [-0.2, -0.15) is 0 Å². The zero-order valence-corrected chi connectivity index (χ0v) is 20.1. The van der Waals surface area contributed by atoms with Crippen LogP contribution in [0.1, 0.15) is 139 Å². The van der Waals surface area contributed by atoms with Gasteiger partial charge in [-0.3, -0.25) is 0 Å². The Kier molecular flexibility index (Phi) is 27.1. The lowest BCUT2D eigenvalue weighted by Gasteiger charge is -2.15. The summed E-state index contributed by atoms with van der Waals surface area (Å²) in [6.07, 6.45) is 29.8. The molecule has 0 nitrogen and oxygen atoms in total. The second kappa shape index (κ2) is 25.5. The molecule has 0 radical (unpaired) electrons. The molecule has 0 saturated carbocycles. The monoisotopic (exact) mass is 382 g/mol. The largest absolute Gasteiger partial charge is 0.0917 e. The van der Waals surface area contributed by atoms with Gasteiger partial charge in [0.15, 0.2) is 0 Å². The van der Waals surface area contributed by atoms with Gasteiger partial charge in [-0.15, -0.1) is 0 Å². The molecule has 0 aromatic heterocycles. The first-order valence-corrected chi connectivity index (χ1v) is 12.4. The van der Waals surface area contributed by atoms with E-state index in [0.29, 0.717) is 0 Å². The summed E-state index contributed by atoms with van der Waals surface area (Å²) in [7, 11) is 0. The Labute approximate surface area is 175 Å². The van der Waals surface area contributed by atoms with Crippen LogP contribution < -0.4 is 0 Å². The number of rotatable bonds is 17. The van der Waals surface area contributed by atoms with Gasteiger partial charge in [-0.25, -0.2) is 0 Å². The van der Waals surface area contributed by atoms with Crippen LogP contribution in [-0.2, 0) is 0 Å². The third-order valence-corrected chi connectivity index (χ3v) is 5.55. The fourth-order valence-electron chi connectivity index (χ4n) is 3.61. The Hall–Kier alpha value is -0.520. The van der Waals surface area contributed by atoms with Crippen LogP contribution in [0.15, 0.2) is 24.3 Å². The third kappa shape index (κ3) is 23.4. The van der Waals surface area contributed by atoms with Gasteiger partial charge in [-0.05, 0) is 44.9 Å². The first kappa shape index (κ1) is 28.7. The van der Waals surface area contributed by atoms with Crippen molar-refractivity contribution in [1.29, 1.82) is 0 Å². The molecule has 0 saturated heterocycles. The van der Waals surface area contributed by atoms with Gasteiger partial charge in [0.1, 0.15) is 0 Å². The fourth-order valence-corrected chi connectivity index (χ4v) is 3.61. The highest BCUT2D eigenvalue weighted by Gasteiger charge is 2.06. The lowest BCUT2D eigenvalue weighted by Crippen LogP contribution is -2.00. The number of allylic oxidation sites excluding steroid dienone is 4. The second-order valence-electron chi connectivity index (χ2n) is 8.25. The van der Waals surface area contributed by atoms with Crippen LogP contribution in [0.3, 0.4) is 0 Å². The van der Waals surface area contributed by atoms with Crippen molar-refractivity contribution in [2.24, 2.45) is 11.8 Å². The van der Waals surface area contributed by atoms with Gasteiger partial charge >= 0.3 is 0 Å². The molecule has 0 heterocycles. The highest BCUT2D eigenvalue weighted by atomic mass is 14.1. The molecular formula is C27H56. The van der Waals surface area contributed by atoms with Gasteiger partial charge in [-0.1, -0.05) is 129 Å². The van der Waals surface area contributed by atoms with E-state index >= 15 is 0 Å². The molecule has 0 aliphatic heterocycles. The molecule has 0 rings (SSSR count). The average molecular weight is 383 g/mol. The van der Waals surface area contributed by atoms with E-state index in [2.05, 4.69) is 65.8 Å². The van der Waals surface area contributed by atoms with Crippen LogP contribution in [0.25, 0.3) is 0 Å². The summed E-state index contributed by atoms with van der Waals surface area (Å²) in [4.78, 5) is 0. The summed E-state index contributed by atoms with van der Waals surface area (Å²) in [6.45, 7) is 13.4. The van der Waals surface area contributed by atoms with E-state index in [1.54, 1.807) is 0 Å². The maximum absolute atomic E-state index is 2.32. The topological polar surface area (TPSA) is 0 Å². The van der Waals surface area contributed by atoms with E-state index in [1.807, 2.05) is 0 Å².